The number of hydrogen-bond acceptors (Lipinski definition) is 5. The molecule has 1 N–H and O–H groups in total. The van der Waals surface area contributed by atoms with E-state index < -0.39 is 12.0 Å². The van der Waals surface area contributed by atoms with Crippen LogP contribution in [0, 0.1) is 0 Å². The average Bonchev–Trinajstić information content (AvgIpc) is 2.93. The number of carbonyl (C=O) groups excluding carboxylic acids is 1. The van der Waals surface area contributed by atoms with Crippen LogP contribution >= 0.6 is 23.1 Å². The molecule has 5 nitrogen and oxygen atoms in total. The molecule has 0 bridgehead atoms. The van der Waals surface area contributed by atoms with E-state index in [-0.39, 0.29) is 11.3 Å². The van der Waals surface area contributed by atoms with Crippen LogP contribution in [0.2, 0.25) is 0 Å². The highest BCUT2D eigenvalue weighted by Gasteiger charge is 2.40. The van der Waals surface area contributed by atoms with Crippen molar-refractivity contribution in [3.63, 3.8) is 0 Å². The van der Waals surface area contributed by atoms with Gasteiger partial charge in [-0.2, -0.15) is 0 Å². The maximum atomic E-state index is 12.4. The molecule has 1 amide bonds. The molecule has 1 fully saturated rings. The molecule has 7 heteroatoms. The Bertz CT molecular complexity index is 473. The maximum absolute atomic E-state index is 12.4. The minimum Gasteiger partial charge on any atom is -0.495 e. The summed E-state index contributed by atoms with van der Waals surface area (Å²) in [7, 11) is 1.50. The monoisotopic (exact) mass is 287 g/mol. The first-order chi connectivity index (χ1) is 8.56. The molecule has 1 saturated heterocycles. The van der Waals surface area contributed by atoms with Gasteiger partial charge < -0.3 is 14.7 Å². The number of carboxylic acids is 1. The summed E-state index contributed by atoms with van der Waals surface area (Å²) < 4.78 is 5.11. The van der Waals surface area contributed by atoms with Gasteiger partial charge in [-0.1, -0.05) is 0 Å². The van der Waals surface area contributed by atoms with Crippen molar-refractivity contribution in [2.24, 2.45) is 0 Å². The Morgan fingerprint density at radius 3 is 2.89 bits per heavy atom. The Kier molecular flexibility index (Phi) is 3.82. The number of thioether (sulfide) groups is 1. The van der Waals surface area contributed by atoms with Gasteiger partial charge in [0.2, 0.25) is 0 Å². The van der Waals surface area contributed by atoms with Gasteiger partial charge >= 0.3 is 5.97 Å². The van der Waals surface area contributed by atoms with Crippen molar-refractivity contribution in [1.82, 2.24) is 4.90 Å². The Morgan fingerprint density at radius 2 is 2.28 bits per heavy atom. The molecule has 2 atom stereocenters. The van der Waals surface area contributed by atoms with Crippen molar-refractivity contribution >= 4 is 35.0 Å². The number of hydrogen-bond donors (Lipinski definition) is 1. The number of rotatable bonds is 3. The van der Waals surface area contributed by atoms with Crippen LogP contribution in [0.3, 0.4) is 0 Å². The lowest BCUT2D eigenvalue weighted by Crippen LogP contribution is -2.44. The second-order valence-electron chi connectivity index (χ2n) is 3.82. The molecule has 1 aromatic rings. The Morgan fingerprint density at radius 1 is 1.56 bits per heavy atom. The molecule has 0 aromatic carbocycles. The number of ether oxygens (including phenoxy) is 1. The topological polar surface area (TPSA) is 66.8 Å². The fourth-order valence-corrected chi connectivity index (χ4v) is 3.84. The van der Waals surface area contributed by atoms with Crippen LogP contribution in [0.5, 0.6) is 5.75 Å². The smallest absolute Gasteiger partial charge is 0.327 e. The molecule has 98 valence electrons. The SMILES string of the molecule is COc1ccsc1C(=O)N1C(C)SCC1C(=O)O. The fourth-order valence-electron chi connectivity index (χ4n) is 1.87. The number of aliphatic carboxylic acids is 1. The molecule has 0 aliphatic carbocycles. The predicted octanol–water partition coefficient (Wildman–Crippen LogP) is 1.74. The third kappa shape index (κ3) is 2.20. The van der Waals surface area contributed by atoms with Gasteiger partial charge in [0.1, 0.15) is 16.7 Å². The van der Waals surface area contributed by atoms with E-state index in [0.29, 0.717) is 16.4 Å². The fraction of sp³-hybridized carbons (Fsp3) is 0.455. The van der Waals surface area contributed by atoms with Crippen LogP contribution in [-0.2, 0) is 4.79 Å². The quantitative estimate of drug-likeness (QED) is 0.917. The van der Waals surface area contributed by atoms with E-state index in [4.69, 9.17) is 9.84 Å². The van der Waals surface area contributed by atoms with E-state index in [0.717, 1.165) is 0 Å². The van der Waals surface area contributed by atoms with Gasteiger partial charge in [-0.3, -0.25) is 4.79 Å². The summed E-state index contributed by atoms with van der Waals surface area (Å²) in [5, 5.41) is 10.8. The first-order valence-corrected chi connectivity index (χ1v) is 7.27. The van der Waals surface area contributed by atoms with Gasteiger partial charge in [0, 0.05) is 5.75 Å². The zero-order valence-electron chi connectivity index (χ0n) is 9.95. The molecular weight excluding hydrogens is 274 g/mol. The zero-order valence-corrected chi connectivity index (χ0v) is 11.6. The van der Waals surface area contributed by atoms with Crippen molar-refractivity contribution < 1.29 is 19.4 Å². The van der Waals surface area contributed by atoms with E-state index in [9.17, 15) is 9.59 Å². The lowest BCUT2D eigenvalue weighted by molar-refractivity contribution is -0.141. The van der Waals surface area contributed by atoms with E-state index in [1.165, 1.54) is 35.1 Å². The van der Waals surface area contributed by atoms with Crippen LogP contribution in [-0.4, -0.2) is 46.2 Å². The number of amides is 1. The summed E-state index contributed by atoms with van der Waals surface area (Å²) in [6.45, 7) is 1.84. The van der Waals surface area contributed by atoms with Crippen LogP contribution in [0.15, 0.2) is 11.4 Å². The molecule has 1 aromatic heterocycles. The van der Waals surface area contributed by atoms with E-state index in [1.54, 1.807) is 11.4 Å². The van der Waals surface area contributed by atoms with Gasteiger partial charge in [0.25, 0.3) is 5.91 Å². The van der Waals surface area contributed by atoms with Gasteiger partial charge in [-0.15, -0.1) is 23.1 Å². The molecule has 18 heavy (non-hydrogen) atoms. The third-order valence-corrected chi connectivity index (χ3v) is 4.89. The highest BCUT2D eigenvalue weighted by Crippen LogP contribution is 2.34. The zero-order chi connectivity index (χ0) is 13.3. The largest absolute Gasteiger partial charge is 0.495 e. The summed E-state index contributed by atoms with van der Waals surface area (Å²) in [5.74, 6) is -0.309. The maximum Gasteiger partial charge on any atom is 0.327 e. The minimum atomic E-state index is -0.962. The summed E-state index contributed by atoms with van der Waals surface area (Å²) >= 11 is 2.74. The Labute approximate surface area is 113 Å². The van der Waals surface area contributed by atoms with Crippen molar-refractivity contribution in [3.8, 4) is 5.75 Å². The molecular formula is C11H13NO4S2. The Balaban J connectivity index is 2.29. The molecule has 0 spiro atoms. The number of carboxylic acid groups (broad SMARTS) is 1. The van der Waals surface area contributed by atoms with Gasteiger partial charge in [0.15, 0.2) is 0 Å². The van der Waals surface area contributed by atoms with Crippen LogP contribution in [0.1, 0.15) is 16.6 Å². The number of methoxy groups -OCH3 is 1. The van der Waals surface area contributed by atoms with E-state index >= 15 is 0 Å². The highest BCUT2D eigenvalue weighted by molar-refractivity contribution is 8.00. The van der Waals surface area contributed by atoms with Crippen molar-refractivity contribution in [2.45, 2.75) is 18.3 Å². The van der Waals surface area contributed by atoms with Crippen LogP contribution in [0.4, 0.5) is 0 Å². The summed E-state index contributed by atoms with van der Waals surface area (Å²) in [6.07, 6.45) is 0. The second-order valence-corrected chi connectivity index (χ2v) is 6.08. The van der Waals surface area contributed by atoms with E-state index in [2.05, 4.69) is 0 Å². The first kappa shape index (κ1) is 13.2. The molecule has 1 aliphatic rings. The molecule has 0 saturated carbocycles. The van der Waals surface area contributed by atoms with Crippen LogP contribution in [0.25, 0.3) is 0 Å². The van der Waals surface area contributed by atoms with E-state index in [1.807, 2.05) is 6.92 Å². The number of nitrogens with zero attached hydrogens (tertiary/aromatic N) is 1. The number of carbonyl (C=O) groups is 2. The van der Waals surface area contributed by atoms with Crippen molar-refractivity contribution in [1.29, 1.82) is 0 Å². The van der Waals surface area contributed by atoms with Crippen molar-refractivity contribution in [2.75, 3.05) is 12.9 Å². The molecule has 1 aliphatic heterocycles. The normalized spacial score (nSPS) is 23.1. The summed E-state index contributed by atoms with van der Waals surface area (Å²) in [5.41, 5.74) is 0. The molecule has 2 heterocycles. The molecule has 2 rings (SSSR count). The lowest BCUT2D eigenvalue weighted by atomic mass is 10.2. The lowest BCUT2D eigenvalue weighted by Gasteiger charge is -2.24. The van der Waals surface area contributed by atoms with Gasteiger partial charge in [-0.25, -0.2) is 4.79 Å². The van der Waals surface area contributed by atoms with Crippen molar-refractivity contribution in [3.05, 3.63) is 16.3 Å². The minimum absolute atomic E-state index is 0.134. The third-order valence-electron chi connectivity index (χ3n) is 2.79. The Hall–Kier alpha value is -1.21. The van der Waals surface area contributed by atoms with Crippen LogP contribution < -0.4 is 4.74 Å². The number of thiophene rings is 1. The molecule has 0 radical (unpaired) electrons. The summed E-state index contributed by atoms with van der Waals surface area (Å²) in [4.78, 5) is 25.4. The highest BCUT2D eigenvalue weighted by atomic mass is 32.2. The second kappa shape index (κ2) is 5.19. The van der Waals surface area contributed by atoms with Gasteiger partial charge in [0.05, 0.1) is 12.5 Å². The molecule has 2 unspecified atom stereocenters. The predicted molar refractivity (Wildman–Crippen MR) is 70.4 cm³/mol. The van der Waals surface area contributed by atoms with Gasteiger partial charge in [-0.05, 0) is 18.4 Å². The first-order valence-electron chi connectivity index (χ1n) is 5.34. The standard InChI is InChI=1S/C11H13NO4S2/c1-6-12(7(5-18-6)11(14)15)10(13)9-8(16-2)3-4-17-9/h3-4,6-7H,5H2,1-2H3,(H,14,15). The summed E-state index contributed by atoms with van der Waals surface area (Å²) in [6, 6.07) is 0.950. The average molecular weight is 287 g/mol.